The van der Waals surface area contributed by atoms with Crippen molar-refractivity contribution in [1.82, 2.24) is 5.32 Å². The number of carbonyl (C=O) groups is 1. The van der Waals surface area contributed by atoms with Crippen molar-refractivity contribution in [3.05, 3.63) is 0 Å². The summed E-state index contributed by atoms with van der Waals surface area (Å²) in [4.78, 5) is 11.7. The van der Waals surface area contributed by atoms with Crippen LogP contribution >= 0.6 is 0 Å². The molecule has 2 aliphatic rings. The van der Waals surface area contributed by atoms with Gasteiger partial charge in [-0.25, -0.2) is 4.79 Å². The number of amides is 1. The summed E-state index contributed by atoms with van der Waals surface area (Å²) in [6.07, 6.45) is 7.46. The quantitative estimate of drug-likeness (QED) is 0.760. The largest absolute Gasteiger partial charge is 0.444 e. The number of ether oxygens (including phenoxy) is 1. The molecule has 0 aromatic heterocycles. The minimum atomic E-state index is -0.394. The normalized spacial score (nSPS) is 33.0. The third-order valence-electron chi connectivity index (χ3n) is 4.01. The van der Waals surface area contributed by atoms with Crippen LogP contribution in [0, 0.1) is 11.8 Å². The summed E-state index contributed by atoms with van der Waals surface area (Å²) >= 11 is 0. The zero-order valence-electron chi connectivity index (χ0n) is 11.3. The van der Waals surface area contributed by atoms with E-state index in [0.717, 1.165) is 24.7 Å². The highest BCUT2D eigenvalue weighted by molar-refractivity contribution is 5.68. The number of hydrogen-bond acceptors (Lipinski definition) is 2. The molecular formula is C14H25NO2. The first-order valence-electron chi connectivity index (χ1n) is 6.93. The van der Waals surface area contributed by atoms with Gasteiger partial charge in [0.25, 0.3) is 0 Å². The number of fused-ring (bicyclic) bond motifs is 1. The van der Waals surface area contributed by atoms with Crippen LogP contribution in [0.1, 0.15) is 59.3 Å². The van der Waals surface area contributed by atoms with E-state index in [2.05, 4.69) is 5.32 Å². The number of alkyl carbamates (subject to hydrolysis) is 1. The van der Waals surface area contributed by atoms with Crippen molar-refractivity contribution in [2.24, 2.45) is 11.8 Å². The van der Waals surface area contributed by atoms with Gasteiger partial charge < -0.3 is 10.1 Å². The predicted octanol–water partition coefficient (Wildman–Crippen LogP) is 3.48. The molecule has 2 saturated carbocycles. The molecule has 17 heavy (non-hydrogen) atoms. The first-order chi connectivity index (χ1) is 7.94. The summed E-state index contributed by atoms with van der Waals surface area (Å²) in [7, 11) is 0. The molecule has 3 heteroatoms. The fourth-order valence-corrected chi connectivity index (χ4v) is 3.31. The molecule has 0 heterocycles. The van der Waals surface area contributed by atoms with E-state index in [1.54, 1.807) is 0 Å². The first kappa shape index (κ1) is 12.7. The molecule has 0 bridgehead atoms. The molecule has 3 atom stereocenters. The van der Waals surface area contributed by atoms with E-state index in [-0.39, 0.29) is 6.09 Å². The summed E-state index contributed by atoms with van der Waals surface area (Å²) < 4.78 is 5.30. The van der Waals surface area contributed by atoms with E-state index in [1.807, 2.05) is 20.8 Å². The molecule has 2 aliphatic carbocycles. The van der Waals surface area contributed by atoms with Crippen molar-refractivity contribution in [2.75, 3.05) is 0 Å². The molecule has 0 aliphatic heterocycles. The van der Waals surface area contributed by atoms with Gasteiger partial charge >= 0.3 is 6.09 Å². The minimum Gasteiger partial charge on any atom is -0.444 e. The van der Waals surface area contributed by atoms with Crippen LogP contribution in [0.15, 0.2) is 0 Å². The second kappa shape index (κ2) is 4.87. The number of nitrogens with one attached hydrogen (secondary N) is 1. The molecule has 0 aromatic rings. The third kappa shape index (κ3) is 3.62. The maximum atomic E-state index is 11.7. The molecular weight excluding hydrogens is 214 g/mol. The van der Waals surface area contributed by atoms with Gasteiger partial charge in [0.1, 0.15) is 5.60 Å². The molecule has 2 rings (SSSR count). The van der Waals surface area contributed by atoms with Crippen molar-refractivity contribution < 1.29 is 9.53 Å². The van der Waals surface area contributed by atoms with Crippen molar-refractivity contribution in [3.63, 3.8) is 0 Å². The lowest BCUT2D eigenvalue weighted by Gasteiger charge is -2.32. The van der Waals surface area contributed by atoms with Crippen molar-refractivity contribution in [3.8, 4) is 0 Å². The lowest BCUT2D eigenvalue weighted by Crippen LogP contribution is -2.42. The molecule has 1 amide bonds. The second-order valence-electron chi connectivity index (χ2n) is 6.61. The van der Waals surface area contributed by atoms with Gasteiger partial charge in [0.05, 0.1) is 0 Å². The van der Waals surface area contributed by atoms with Crippen molar-refractivity contribution >= 4 is 6.09 Å². The maximum Gasteiger partial charge on any atom is 0.407 e. The summed E-state index contributed by atoms with van der Waals surface area (Å²) in [5.41, 5.74) is -0.394. The fraction of sp³-hybridized carbons (Fsp3) is 0.929. The summed E-state index contributed by atoms with van der Waals surface area (Å²) in [5, 5.41) is 3.03. The number of hydrogen-bond donors (Lipinski definition) is 1. The van der Waals surface area contributed by atoms with Crippen LogP contribution in [0.25, 0.3) is 0 Å². The Bertz CT molecular complexity index is 282. The highest BCUT2D eigenvalue weighted by atomic mass is 16.6. The molecule has 2 fully saturated rings. The molecule has 98 valence electrons. The summed E-state index contributed by atoms with van der Waals surface area (Å²) in [6.45, 7) is 5.71. The van der Waals surface area contributed by atoms with Crippen LogP contribution in [0.5, 0.6) is 0 Å². The molecule has 0 spiro atoms. The zero-order valence-corrected chi connectivity index (χ0v) is 11.3. The molecule has 3 nitrogen and oxygen atoms in total. The van der Waals surface area contributed by atoms with Crippen LogP contribution in [-0.2, 0) is 4.74 Å². The Morgan fingerprint density at radius 2 is 1.82 bits per heavy atom. The molecule has 2 unspecified atom stereocenters. The van der Waals surface area contributed by atoms with Gasteiger partial charge in [-0.3, -0.25) is 0 Å². The molecule has 0 aromatic carbocycles. The first-order valence-corrected chi connectivity index (χ1v) is 6.93. The third-order valence-corrected chi connectivity index (χ3v) is 4.01. The smallest absolute Gasteiger partial charge is 0.407 e. The highest BCUT2D eigenvalue weighted by Gasteiger charge is 2.34. The van der Waals surface area contributed by atoms with E-state index >= 15 is 0 Å². The average molecular weight is 239 g/mol. The van der Waals surface area contributed by atoms with Gasteiger partial charge in [-0.1, -0.05) is 19.3 Å². The molecule has 0 saturated heterocycles. The van der Waals surface area contributed by atoms with Crippen LogP contribution in [-0.4, -0.2) is 17.7 Å². The zero-order chi connectivity index (χ0) is 12.5. The molecule has 1 N–H and O–H groups in total. The van der Waals surface area contributed by atoms with Crippen LogP contribution in [0.2, 0.25) is 0 Å². The predicted molar refractivity (Wildman–Crippen MR) is 67.8 cm³/mol. The topological polar surface area (TPSA) is 38.3 Å². The Balaban J connectivity index is 1.78. The van der Waals surface area contributed by atoms with Gasteiger partial charge in [0.15, 0.2) is 0 Å². The Labute approximate surface area is 104 Å². The highest BCUT2D eigenvalue weighted by Crippen LogP contribution is 2.42. The summed E-state index contributed by atoms with van der Waals surface area (Å²) in [5.74, 6) is 1.79. The van der Waals surface area contributed by atoms with E-state index in [1.165, 1.54) is 25.7 Å². The monoisotopic (exact) mass is 239 g/mol. The average Bonchev–Trinajstić information content (AvgIpc) is 2.61. The van der Waals surface area contributed by atoms with Crippen LogP contribution < -0.4 is 5.32 Å². The van der Waals surface area contributed by atoms with Crippen LogP contribution in [0.4, 0.5) is 4.79 Å². The standard InChI is InChI=1S/C14H25NO2/c1-14(2,3)17-13(16)15-12-8-7-10-5-4-6-11(10)9-12/h10-12H,4-9H2,1-3H3,(H,15,16)/t10-,11?,12?/m1/s1. The van der Waals surface area contributed by atoms with Gasteiger partial charge in [-0.2, -0.15) is 0 Å². The van der Waals surface area contributed by atoms with E-state index in [9.17, 15) is 4.79 Å². The minimum absolute atomic E-state index is 0.251. The lowest BCUT2D eigenvalue weighted by molar-refractivity contribution is 0.0476. The number of carbonyl (C=O) groups excluding carboxylic acids is 1. The Kier molecular flexibility index (Phi) is 3.64. The van der Waals surface area contributed by atoms with Gasteiger partial charge in [-0.05, 0) is 51.9 Å². The van der Waals surface area contributed by atoms with E-state index in [4.69, 9.17) is 4.74 Å². The number of rotatable bonds is 1. The van der Waals surface area contributed by atoms with Gasteiger partial charge in [0, 0.05) is 6.04 Å². The maximum absolute atomic E-state index is 11.7. The van der Waals surface area contributed by atoms with Gasteiger partial charge in [-0.15, -0.1) is 0 Å². The summed E-state index contributed by atoms with van der Waals surface area (Å²) in [6, 6.07) is 0.337. The lowest BCUT2D eigenvalue weighted by atomic mass is 9.79. The van der Waals surface area contributed by atoms with Gasteiger partial charge in [0.2, 0.25) is 0 Å². The van der Waals surface area contributed by atoms with Crippen molar-refractivity contribution in [1.29, 1.82) is 0 Å². The second-order valence-corrected chi connectivity index (χ2v) is 6.61. The van der Waals surface area contributed by atoms with Crippen molar-refractivity contribution in [2.45, 2.75) is 70.9 Å². The SMILES string of the molecule is CC(C)(C)OC(=O)NC1CC[C@H]2CCCC2C1. The van der Waals surface area contributed by atoms with E-state index in [0.29, 0.717) is 6.04 Å². The van der Waals surface area contributed by atoms with E-state index < -0.39 is 5.60 Å². The fourth-order valence-electron chi connectivity index (χ4n) is 3.31. The Morgan fingerprint density at radius 1 is 1.12 bits per heavy atom. The Hall–Kier alpha value is -0.730. The Morgan fingerprint density at radius 3 is 2.53 bits per heavy atom. The molecule has 0 radical (unpaired) electrons. The van der Waals surface area contributed by atoms with Crippen LogP contribution in [0.3, 0.4) is 0 Å².